The molecule has 0 heterocycles. The third-order valence-electron chi connectivity index (χ3n) is 4.15. The highest BCUT2D eigenvalue weighted by Crippen LogP contribution is 2.36. The molecule has 0 fully saturated rings. The second-order valence-electron chi connectivity index (χ2n) is 5.16. The van der Waals surface area contributed by atoms with Gasteiger partial charge < -0.3 is 0 Å². The van der Waals surface area contributed by atoms with Crippen LogP contribution in [-0.2, 0) is 0 Å². The van der Waals surface area contributed by atoms with Gasteiger partial charge in [0.15, 0.2) is 0 Å². The van der Waals surface area contributed by atoms with Gasteiger partial charge in [0.05, 0.1) is 0 Å². The molecular formula is C17H18Br2. The highest BCUT2D eigenvalue weighted by atomic mass is 79.9. The van der Waals surface area contributed by atoms with Gasteiger partial charge in [-0.1, -0.05) is 31.9 Å². The second-order valence-corrected chi connectivity index (χ2v) is 6.99. The molecule has 0 spiro atoms. The molecule has 0 radical (unpaired) electrons. The fourth-order valence-electron chi connectivity index (χ4n) is 2.63. The van der Waals surface area contributed by atoms with E-state index in [0.29, 0.717) is 0 Å². The molecule has 0 unspecified atom stereocenters. The largest absolute Gasteiger partial charge is 0.0508 e. The highest BCUT2D eigenvalue weighted by molar-refractivity contribution is 9.11. The first-order valence-corrected chi connectivity index (χ1v) is 7.95. The lowest BCUT2D eigenvalue weighted by atomic mass is 9.86. The van der Waals surface area contributed by atoms with E-state index in [9.17, 15) is 0 Å². The maximum Gasteiger partial charge on any atom is 0.0192 e. The molecule has 0 atom stereocenters. The fourth-order valence-corrected chi connectivity index (χ4v) is 3.92. The first-order chi connectivity index (χ1) is 8.82. The van der Waals surface area contributed by atoms with Crippen LogP contribution in [0, 0.1) is 34.6 Å². The van der Waals surface area contributed by atoms with Crippen molar-refractivity contribution in [2.24, 2.45) is 0 Å². The van der Waals surface area contributed by atoms with Crippen LogP contribution in [0.15, 0.2) is 27.1 Å². The molecule has 2 rings (SSSR count). The molecule has 2 aromatic rings. The Morgan fingerprint density at radius 1 is 0.579 bits per heavy atom. The number of hydrogen-bond donors (Lipinski definition) is 0. The van der Waals surface area contributed by atoms with Gasteiger partial charge in [-0.25, -0.2) is 0 Å². The van der Waals surface area contributed by atoms with Gasteiger partial charge in [0, 0.05) is 8.95 Å². The number of benzene rings is 2. The summed E-state index contributed by atoms with van der Waals surface area (Å²) in [6, 6.07) is 6.45. The van der Waals surface area contributed by atoms with Crippen LogP contribution in [0.4, 0.5) is 0 Å². The molecule has 2 heteroatoms. The molecule has 19 heavy (non-hydrogen) atoms. The number of halogens is 2. The topological polar surface area (TPSA) is 0 Å². The van der Waals surface area contributed by atoms with Crippen molar-refractivity contribution in [2.45, 2.75) is 34.6 Å². The summed E-state index contributed by atoms with van der Waals surface area (Å²) >= 11 is 7.16. The van der Waals surface area contributed by atoms with Gasteiger partial charge in [0.2, 0.25) is 0 Å². The number of rotatable bonds is 1. The predicted octanol–water partition coefficient (Wildman–Crippen LogP) is 6.42. The molecular weight excluding hydrogens is 364 g/mol. The first kappa shape index (κ1) is 14.8. The van der Waals surface area contributed by atoms with E-state index in [1.165, 1.54) is 38.9 Å². The maximum atomic E-state index is 3.58. The highest BCUT2D eigenvalue weighted by Gasteiger charge is 2.14. The van der Waals surface area contributed by atoms with Crippen molar-refractivity contribution < 1.29 is 0 Å². The first-order valence-electron chi connectivity index (χ1n) is 6.36. The summed E-state index contributed by atoms with van der Waals surface area (Å²) in [6.45, 7) is 11.1. The standard InChI is InChI=1S/C17H18Br2/c1-9-10(2)12(4)17(13(5)11(9)3)14-6-15(18)8-16(19)7-14/h6-8H,1-5H3. The Bertz CT molecular complexity index is 606. The van der Waals surface area contributed by atoms with E-state index in [-0.39, 0.29) is 0 Å². The fraction of sp³-hybridized carbons (Fsp3) is 0.294. The maximum absolute atomic E-state index is 3.58. The van der Waals surface area contributed by atoms with Gasteiger partial charge in [-0.05, 0) is 91.8 Å². The molecule has 0 aliphatic rings. The summed E-state index contributed by atoms with van der Waals surface area (Å²) < 4.78 is 2.21. The lowest BCUT2D eigenvalue weighted by molar-refractivity contribution is 1.18. The van der Waals surface area contributed by atoms with E-state index < -0.39 is 0 Å². The Hall–Kier alpha value is -0.600. The van der Waals surface area contributed by atoms with Crippen molar-refractivity contribution >= 4 is 31.9 Å². The average molecular weight is 382 g/mol. The molecule has 0 saturated carbocycles. The molecule has 0 aliphatic carbocycles. The van der Waals surface area contributed by atoms with E-state index in [1.807, 2.05) is 0 Å². The van der Waals surface area contributed by atoms with Crippen molar-refractivity contribution in [3.05, 3.63) is 55.0 Å². The average Bonchev–Trinajstić information content (AvgIpc) is 2.33. The van der Waals surface area contributed by atoms with Crippen LogP contribution in [0.5, 0.6) is 0 Å². The Balaban J connectivity index is 2.82. The van der Waals surface area contributed by atoms with Gasteiger partial charge in [0.25, 0.3) is 0 Å². The Labute approximate surface area is 132 Å². The van der Waals surface area contributed by atoms with E-state index in [4.69, 9.17) is 0 Å². The molecule has 100 valence electrons. The van der Waals surface area contributed by atoms with Crippen molar-refractivity contribution in [1.82, 2.24) is 0 Å². The minimum absolute atomic E-state index is 1.10. The monoisotopic (exact) mass is 380 g/mol. The van der Waals surface area contributed by atoms with E-state index >= 15 is 0 Å². The summed E-state index contributed by atoms with van der Waals surface area (Å²) in [6.07, 6.45) is 0. The van der Waals surface area contributed by atoms with E-state index in [1.54, 1.807) is 0 Å². The summed E-state index contributed by atoms with van der Waals surface area (Å²) in [5.74, 6) is 0. The zero-order valence-corrected chi connectivity index (χ0v) is 15.2. The molecule has 0 aromatic heterocycles. The van der Waals surface area contributed by atoms with Gasteiger partial charge in [-0.2, -0.15) is 0 Å². The minimum Gasteiger partial charge on any atom is -0.0508 e. The summed E-state index contributed by atoms with van der Waals surface area (Å²) in [4.78, 5) is 0. The van der Waals surface area contributed by atoms with Crippen LogP contribution in [0.2, 0.25) is 0 Å². The molecule has 0 nitrogen and oxygen atoms in total. The van der Waals surface area contributed by atoms with Crippen LogP contribution >= 0.6 is 31.9 Å². The third kappa shape index (κ3) is 2.66. The van der Waals surface area contributed by atoms with Crippen LogP contribution in [-0.4, -0.2) is 0 Å². The molecule has 0 saturated heterocycles. The molecule has 0 bridgehead atoms. The molecule has 2 aromatic carbocycles. The third-order valence-corrected chi connectivity index (χ3v) is 5.07. The lowest BCUT2D eigenvalue weighted by Gasteiger charge is -2.19. The van der Waals surface area contributed by atoms with Crippen LogP contribution in [0.25, 0.3) is 11.1 Å². The SMILES string of the molecule is Cc1c(C)c(C)c(-c2cc(Br)cc(Br)c2)c(C)c1C. The number of hydrogen-bond acceptors (Lipinski definition) is 0. The van der Waals surface area contributed by atoms with Crippen molar-refractivity contribution in [3.63, 3.8) is 0 Å². The quantitative estimate of drug-likeness (QED) is 0.534. The summed E-state index contributed by atoms with van der Waals surface area (Å²) in [5.41, 5.74) is 9.59. The van der Waals surface area contributed by atoms with Gasteiger partial charge in [0.1, 0.15) is 0 Å². The predicted molar refractivity (Wildman–Crippen MR) is 91.0 cm³/mol. The van der Waals surface area contributed by atoms with Gasteiger partial charge in [-0.3, -0.25) is 0 Å². The zero-order chi connectivity index (χ0) is 14.3. The van der Waals surface area contributed by atoms with Gasteiger partial charge in [-0.15, -0.1) is 0 Å². The van der Waals surface area contributed by atoms with E-state index in [0.717, 1.165) is 8.95 Å². The normalized spacial score (nSPS) is 10.9. The molecule has 0 N–H and O–H groups in total. The van der Waals surface area contributed by atoms with Crippen LogP contribution < -0.4 is 0 Å². The van der Waals surface area contributed by atoms with Crippen molar-refractivity contribution in [2.75, 3.05) is 0 Å². The summed E-state index contributed by atoms with van der Waals surface area (Å²) in [7, 11) is 0. The van der Waals surface area contributed by atoms with E-state index in [2.05, 4.69) is 84.7 Å². The van der Waals surface area contributed by atoms with Crippen molar-refractivity contribution in [3.8, 4) is 11.1 Å². The Morgan fingerprint density at radius 3 is 1.37 bits per heavy atom. The zero-order valence-electron chi connectivity index (χ0n) is 12.0. The Morgan fingerprint density at radius 2 is 0.947 bits per heavy atom. The summed E-state index contributed by atoms with van der Waals surface area (Å²) in [5, 5.41) is 0. The molecule has 0 amide bonds. The second kappa shape index (κ2) is 5.41. The van der Waals surface area contributed by atoms with Crippen molar-refractivity contribution in [1.29, 1.82) is 0 Å². The molecule has 0 aliphatic heterocycles. The minimum atomic E-state index is 1.10. The smallest absolute Gasteiger partial charge is 0.0192 e. The Kier molecular flexibility index (Phi) is 4.22. The lowest BCUT2D eigenvalue weighted by Crippen LogP contribution is -1.99. The van der Waals surface area contributed by atoms with Gasteiger partial charge >= 0.3 is 0 Å². The van der Waals surface area contributed by atoms with Crippen LogP contribution in [0.1, 0.15) is 27.8 Å². The van der Waals surface area contributed by atoms with Crippen LogP contribution in [0.3, 0.4) is 0 Å².